The molecule has 0 fully saturated rings. The van der Waals surface area contributed by atoms with Gasteiger partial charge >= 0.3 is 0 Å². The number of hydrogen-bond acceptors (Lipinski definition) is 2. The second kappa shape index (κ2) is 3.18. The molecule has 0 unspecified atom stereocenters. The topological polar surface area (TPSA) is 54.7 Å². The van der Waals surface area contributed by atoms with Gasteiger partial charge in [0.05, 0.1) is 17.6 Å². The van der Waals surface area contributed by atoms with Gasteiger partial charge in [-0.3, -0.25) is 5.10 Å². The van der Waals surface area contributed by atoms with Gasteiger partial charge in [0.1, 0.15) is 0 Å². The van der Waals surface area contributed by atoms with E-state index in [1.54, 1.807) is 6.20 Å². The number of nitrogens with two attached hydrogens (primary N) is 1. The first kappa shape index (κ1) is 8.81. The molecule has 3 heteroatoms. The third-order valence-electron chi connectivity index (χ3n) is 2.54. The van der Waals surface area contributed by atoms with Gasteiger partial charge in [-0.15, -0.1) is 0 Å². The summed E-state index contributed by atoms with van der Waals surface area (Å²) in [4.78, 5) is 0. The Kier molecular flexibility index (Phi) is 2.00. The lowest BCUT2D eigenvalue weighted by atomic mass is 10.0. The first-order valence-corrected chi connectivity index (χ1v) is 4.55. The molecule has 1 aromatic carbocycles. The van der Waals surface area contributed by atoms with E-state index in [1.165, 1.54) is 11.1 Å². The van der Waals surface area contributed by atoms with Crippen molar-refractivity contribution in [2.75, 3.05) is 5.73 Å². The van der Waals surface area contributed by atoms with Crippen LogP contribution in [0, 0.1) is 13.8 Å². The summed E-state index contributed by atoms with van der Waals surface area (Å²) < 4.78 is 0. The number of aryl methyl sites for hydroxylation is 1. The van der Waals surface area contributed by atoms with Crippen molar-refractivity contribution in [2.45, 2.75) is 13.8 Å². The van der Waals surface area contributed by atoms with E-state index in [0.717, 1.165) is 11.3 Å². The fourth-order valence-corrected chi connectivity index (χ4v) is 1.53. The number of rotatable bonds is 1. The van der Waals surface area contributed by atoms with Crippen LogP contribution >= 0.6 is 0 Å². The SMILES string of the molecule is Cc1cccc(-c2[nH]ncc2N)c1C. The Balaban J connectivity index is 2.63. The van der Waals surface area contributed by atoms with E-state index in [9.17, 15) is 0 Å². The number of aromatic amines is 1. The second-order valence-corrected chi connectivity index (χ2v) is 3.45. The zero-order chi connectivity index (χ0) is 10.1. The van der Waals surface area contributed by atoms with Crippen LogP contribution < -0.4 is 5.73 Å². The van der Waals surface area contributed by atoms with Crippen molar-refractivity contribution in [2.24, 2.45) is 0 Å². The maximum Gasteiger partial charge on any atom is 0.0882 e. The maximum absolute atomic E-state index is 5.80. The first-order valence-electron chi connectivity index (χ1n) is 4.55. The van der Waals surface area contributed by atoms with Crippen LogP contribution in [0.4, 0.5) is 5.69 Å². The summed E-state index contributed by atoms with van der Waals surface area (Å²) in [7, 11) is 0. The van der Waals surface area contributed by atoms with Gasteiger partial charge in [-0.05, 0) is 25.0 Å². The molecule has 0 aliphatic carbocycles. The van der Waals surface area contributed by atoms with E-state index in [-0.39, 0.29) is 0 Å². The van der Waals surface area contributed by atoms with Gasteiger partial charge in [0.15, 0.2) is 0 Å². The van der Waals surface area contributed by atoms with E-state index >= 15 is 0 Å². The molecule has 0 spiro atoms. The van der Waals surface area contributed by atoms with Crippen molar-refractivity contribution in [1.29, 1.82) is 0 Å². The third kappa shape index (κ3) is 1.27. The summed E-state index contributed by atoms with van der Waals surface area (Å²) in [5, 5.41) is 6.83. The van der Waals surface area contributed by atoms with Crippen LogP contribution in [-0.4, -0.2) is 10.2 Å². The lowest BCUT2D eigenvalue weighted by molar-refractivity contribution is 1.09. The predicted molar refractivity (Wildman–Crippen MR) is 57.9 cm³/mol. The zero-order valence-corrected chi connectivity index (χ0v) is 8.33. The molecule has 2 rings (SSSR count). The summed E-state index contributed by atoms with van der Waals surface area (Å²) in [6.45, 7) is 4.18. The van der Waals surface area contributed by atoms with Gasteiger partial charge in [-0.2, -0.15) is 5.10 Å². The van der Waals surface area contributed by atoms with Gasteiger partial charge < -0.3 is 5.73 Å². The average molecular weight is 187 g/mol. The normalized spacial score (nSPS) is 10.4. The molecule has 0 aliphatic heterocycles. The predicted octanol–water partition coefficient (Wildman–Crippen LogP) is 2.28. The number of benzene rings is 1. The fourth-order valence-electron chi connectivity index (χ4n) is 1.53. The first-order chi connectivity index (χ1) is 6.70. The minimum absolute atomic E-state index is 0.693. The number of nitrogens with one attached hydrogen (secondary N) is 1. The van der Waals surface area contributed by atoms with Gasteiger partial charge in [0.25, 0.3) is 0 Å². The lowest BCUT2D eigenvalue weighted by Gasteiger charge is -2.06. The molecule has 14 heavy (non-hydrogen) atoms. The van der Waals surface area contributed by atoms with Gasteiger partial charge in [-0.1, -0.05) is 18.2 Å². The molecule has 0 bridgehead atoms. The lowest BCUT2D eigenvalue weighted by Crippen LogP contribution is -1.91. The molecule has 2 aromatic rings. The zero-order valence-electron chi connectivity index (χ0n) is 8.33. The highest BCUT2D eigenvalue weighted by atomic mass is 15.1. The van der Waals surface area contributed by atoms with Gasteiger partial charge in [-0.25, -0.2) is 0 Å². The summed E-state index contributed by atoms with van der Waals surface area (Å²) in [6, 6.07) is 6.16. The average Bonchev–Trinajstić information content (AvgIpc) is 2.57. The smallest absolute Gasteiger partial charge is 0.0882 e. The van der Waals surface area contributed by atoms with E-state index in [0.29, 0.717) is 5.69 Å². The molecular formula is C11H13N3. The Morgan fingerprint density at radius 1 is 1.29 bits per heavy atom. The Hall–Kier alpha value is -1.77. The van der Waals surface area contributed by atoms with E-state index in [2.05, 4.69) is 30.1 Å². The molecule has 1 heterocycles. The largest absolute Gasteiger partial charge is 0.396 e. The number of nitrogen functional groups attached to an aromatic ring is 1. The molecule has 72 valence electrons. The van der Waals surface area contributed by atoms with Crippen LogP contribution in [0.5, 0.6) is 0 Å². The van der Waals surface area contributed by atoms with E-state index in [4.69, 9.17) is 5.73 Å². The molecular weight excluding hydrogens is 174 g/mol. The molecule has 0 aliphatic rings. The van der Waals surface area contributed by atoms with Crippen molar-refractivity contribution in [1.82, 2.24) is 10.2 Å². The molecule has 1 aromatic heterocycles. The summed E-state index contributed by atoms with van der Waals surface area (Å²) in [5.74, 6) is 0. The van der Waals surface area contributed by atoms with Crippen molar-refractivity contribution in [3.05, 3.63) is 35.5 Å². The van der Waals surface area contributed by atoms with Crippen molar-refractivity contribution < 1.29 is 0 Å². The standard InChI is InChI=1S/C11H13N3/c1-7-4-3-5-9(8(7)2)11-10(12)6-13-14-11/h3-6H,12H2,1-2H3,(H,13,14). The minimum atomic E-state index is 0.693. The highest BCUT2D eigenvalue weighted by Crippen LogP contribution is 2.27. The number of nitrogens with zero attached hydrogens (tertiary/aromatic N) is 1. The minimum Gasteiger partial charge on any atom is -0.396 e. The molecule has 0 radical (unpaired) electrons. The second-order valence-electron chi connectivity index (χ2n) is 3.45. The Labute approximate surface area is 83.0 Å². The molecule has 3 nitrogen and oxygen atoms in total. The molecule has 0 saturated carbocycles. The van der Waals surface area contributed by atoms with Crippen LogP contribution in [0.2, 0.25) is 0 Å². The van der Waals surface area contributed by atoms with E-state index < -0.39 is 0 Å². The highest BCUT2D eigenvalue weighted by molar-refractivity contribution is 5.74. The highest BCUT2D eigenvalue weighted by Gasteiger charge is 2.07. The number of H-pyrrole nitrogens is 1. The van der Waals surface area contributed by atoms with Gasteiger partial charge in [0, 0.05) is 5.56 Å². The summed E-state index contributed by atoms with van der Waals surface area (Å²) in [5.41, 5.74) is 11.0. The Morgan fingerprint density at radius 3 is 2.71 bits per heavy atom. The molecule has 0 amide bonds. The Bertz CT molecular complexity index is 457. The molecule has 0 atom stereocenters. The molecule has 3 N–H and O–H groups in total. The summed E-state index contributed by atoms with van der Waals surface area (Å²) >= 11 is 0. The van der Waals surface area contributed by atoms with Crippen LogP contribution in [0.25, 0.3) is 11.3 Å². The van der Waals surface area contributed by atoms with Crippen molar-refractivity contribution in [3.63, 3.8) is 0 Å². The third-order valence-corrected chi connectivity index (χ3v) is 2.54. The van der Waals surface area contributed by atoms with Crippen LogP contribution in [0.1, 0.15) is 11.1 Å². The van der Waals surface area contributed by atoms with Crippen molar-refractivity contribution >= 4 is 5.69 Å². The van der Waals surface area contributed by atoms with Crippen LogP contribution in [0.15, 0.2) is 24.4 Å². The van der Waals surface area contributed by atoms with Crippen LogP contribution in [-0.2, 0) is 0 Å². The fraction of sp³-hybridized carbons (Fsp3) is 0.182. The summed E-state index contributed by atoms with van der Waals surface area (Å²) in [6.07, 6.45) is 1.64. The number of hydrogen-bond donors (Lipinski definition) is 2. The van der Waals surface area contributed by atoms with Crippen molar-refractivity contribution in [3.8, 4) is 11.3 Å². The Morgan fingerprint density at radius 2 is 2.07 bits per heavy atom. The number of aromatic nitrogens is 2. The number of anilines is 1. The van der Waals surface area contributed by atoms with Gasteiger partial charge in [0.2, 0.25) is 0 Å². The molecule has 0 saturated heterocycles. The van der Waals surface area contributed by atoms with E-state index in [1.807, 2.05) is 12.1 Å². The monoisotopic (exact) mass is 187 g/mol. The van der Waals surface area contributed by atoms with Crippen LogP contribution in [0.3, 0.4) is 0 Å². The maximum atomic E-state index is 5.80. The quantitative estimate of drug-likeness (QED) is 0.719.